The summed E-state index contributed by atoms with van der Waals surface area (Å²) < 4.78 is 6.71. The van der Waals surface area contributed by atoms with Gasteiger partial charge in [0.2, 0.25) is 0 Å². The molecule has 0 saturated heterocycles. The molecule has 0 atom stereocenters. The van der Waals surface area contributed by atoms with Crippen LogP contribution in [0.3, 0.4) is 0 Å². The van der Waals surface area contributed by atoms with Gasteiger partial charge in [0, 0.05) is 32.8 Å². The molecule has 0 fully saturated rings. The molecule has 2 heterocycles. The first-order valence-electron chi connectivity index (χ1n) is 17.8. The molecular weight excluding hydrogens is 635 g/mol. The largest absolute Gasteiger partial charge is 0.455 e. The molecule has 0 bridgehead atoms. The maximum Gasteiger partial charge on any atom is 0.164 e. The molecule has 0 amide bonds. The molecule has 0 N–H and O–H groups in total. The summed E-state index contributed by atoms with van der Waals surface area (Å²) in [4.78, 5) is 15.3. The van der Waals surface area contributed by atoms with Crippen molar-refractivity contribution in [3.63, 3.8) is 0 Å². The molecule has 8 aromatic carbocycles. The van der Waals surface area contributed by atoms with Crippen molar-refractivity contribution in [3.05, 3.63) is 163 Å². The summed E-state index contributed by atoms with van der Waals surface area (Å²) in [5.74, 6) is 2.33. The van der Waals surface area contributed by atoms with Gasteiger partial charge in [-0.1, -0.05) is 141 Å². The van der Waals surface area contributed by atoms with Crippen LogP contribution in [0.5, 0.6) is 0 Å². The molecule has 0 aliphatic heterocycles. The molecule has 10 aromatic rings. The van der Waals surface area contributed by atoms with Crippen LogP contribution in [0.4, 0.5) is 0 Å². The SMILES string of the molecule is CC(C)c1ccc2oc3c(ccc4c5ccccc5c5cc(-c6nc(-c7ccccc7)nc(-c7cccc(-c8ccccc8)c7)n6)ccc5c43)c2c1. The summed E-state index contributed by atoms with van der Waals surface area (Å²) >= 11 is 0. The van der Waals surface area contributed by atoms with E-state index in [4.69, 9.17) is 19.4 Å². The molecule has 0 unspecified atom stereocenters. The van der Waals surface area contributed by atoms with Crippen molar-refractivity contribution in [2.45, 2.75) is 19.8 Å². The first-order chi connectivity index (χ1) is 25.6. The number of benzene rings is 8. The number of hydrogen-bond donors (Lipinski definition) is 0. The Kier molecular flexibility index (Phi) is 6.97. The number of nitrogens with zero attached hydrogens (tertiary/aromatic N) is 3. The van der Waals surface area contributed by atoms with Crippen molar-refractivity contribution in [2.75, 3.05) is 0 Å². The minimum Gasteiger partial charge on any atom is -0.455 e. The summed E-state index contributed by atoms with van der Waals surface area (Å²) in [6, 6.07) is 55.3. The van der Waals surface area contributed by atoms with E-state index >= 15 is 0 Å². The van der Waals surface area contributed by atoms with Crippen LogP contribution in [0, 0.1) is 0 Å². The minimum atomic E-state index is 0.434. The normalized spacial score (nSPS) is 11.8. The lowest BCUT2D eigenvalue weighted by molar-refractivity contribution is 0.672. The fourth-order valence-electron chi connectivity index (χ4n) is 7.60. The summed E-state index contributed by atoms with van der Waals surface area (Å²) in [6.07, 6.45) is 0. The van der Waals surface area contributed by atoms with Crippen LogP contribution in [-0.4, -0.2) is 15.0 Å². The maximum absolute atomic E-state index is 6.71. The van der Waals surface area contributed by atoms with Crippen molar-refractivity contribution >= 4 is 54.3 Å². The topological polar surface area (TPSA) is 51.8 Å². The molecule has 0 spiro atoms. The highest BCUT2D eigenvalue weighted by molar-refractivity contribution is 6.32. The van der Waals surface area contributed by atoms with Gasteiger partial charge in [0.05, 0.1) is 0 Å². The second-order valence-corrected chi connectivity index (χ2v) is 13.8. The number of hydrogen-bond acceptors (Lipinski definition) is 4. The zero-order valence-corrected chi connectivity index (χ0v) is 28.8. The number of furan rings is 1. The second kappa shape index (κ2) is 12.0. The number of aromatic nitrogens is 3. The summed E-state index contributed by atoms with van der Waals surface area (Å²) in [5, 5.41) is 9.23. The van der Waals surface area contributed by atoms with Crippen LogP contribution in [0.15, 0.2) is 162 Å². The minimum absolute atomic E-state index is 0.434. The molecule has 4 heteroatoms. The Balaban J connectivity index is 1.21. The van der Waals surface area contributed by atoms with E-state index < -0.39 is 0 Å². The van der Waals surface area contributed by atoms with Gasteiger partial charge < -0.3 is 4.42 Å². The fraction of sp³-hybridized carbons (Fsp3) is 0.0625. The van der Waals surface area contributed by atoms with Gasteiger partial charge in [-0.25, -0.2) is 15.0 Å². The van der Waals surface area contributed by atoms with E-state index in [0.717, 1.165) is 65.9 Å². The van der Waals surface area contributed by atoms with Crippen LogP contribution < -0.4 is 0 Å². The quantitative estimate of drug-likeness (QED) is 0.171. The average Bonchev–Trinajstić information content (AvgIpc) is 3.59. The van der Waals surface area contributed by atoms with E-state index in [0.29, 0.717) is 23.4 Å². The zero-order chi connectivity index (χ0) is 34.8. The number of rotatable bonds is 5. The van der Waals surface area contributed by atoms with Gasteiger partial charge in [-0.05, 0) is 79.9 Å². The average molecular weight is 668 g/mol. The van der Waals surface area contributed by atoms with Gasteiger partial charge in [0.15, 0.2) is 17.5 Å². The first kappa shape index (κ1) is 30.2. The van der Waals surface area contributed by atoms with E-state index in [1.165, 1.54) is 21.7 Å². The van der Waals surface area contributed by atoms with E-state index in [1.54, 1.807) is 0 Å². The third kappa shape index (κ3) is 4.95. The Morgan fingerprint density at radius 1 is 0.385 bits per heavy atom. The molecule has 0 aliphatic carbocycles. The van der Waals surface area contributed by atoms with Gasteiger partial charge in [-0.2, -0.15) is 0 Å². The van der Waals surface area contributed by atoms with Crippen LogP contribution in [-0.2, 0) is 0 Å². The molecule has 0 saturated carbocycles. The van der Waals surface area contributed by atoms with E-state index in [2.05, 4.69) is 135 Å². The van der Waals surface area contributed by atoms with Crippen LogP contribution in [0.25, 0.3) is 99.5 Å². The van der Waals surface area contributed by atoms with Crippen molar-refractivity contribution in [2.24, 2.45) is 0 Å². The van der Waals surface area contributed by atoms with Crippen molar-refractivity contribution in [1.82, 2.24) is 15.0 Å². The maximum atomic E-state index is 6.71. The Morgan fingerprint density at radius 3 is 1.67 bits per heavy atom. The Hall–Kier alpha value is -6.65. The summed E-state index contributed by atoms with van der Waals surface area (Å²) in [5.41, 5.74) is 8.20. The Morgan fingerprint density at radius 2 is 0.942 bits per heavy atom. The molecule has 10 rings (SSSR count). The molecule has 2 aromatic heterocycles. The van der Waals surface area contributed by atoms with Gasteiger partial charge >= 0.3 is 0 Å². The lowest BCUT2D eigenvalue weighted by atomic mass is 9.92. The van der Waals surface area contributed by atoms with Gasteiger partial charge in [-0.3, -0.25) is 0 Å². The molecule has 0 aliphatic rings. The summed E-state index contributed by atoms with van der Waals surface area (Å²) in [6.45, 7) is 4.46. The lowest BCUT2D eigenvalue weighted by Crippen LogP contribution is -2.00. The Bertz CT molecular complexity index is 2980. The summed E-state index contributed by atoms with van der Waals surface area (Å²) in [7, 11) is 0. The van der Waals surface area contributed by atoms with E-state index in [1.807, 2.05) is 36.4 Å². The van der Waals surface area contributed by atoms with Crippen LogP contribution in [0.1, 0.15) is 25.3 Å². The van der Waals surface area contributed by atoms with E-state index in [-0.39, 0.29) is 0 Å². The highest BCUT2D eigenvalue weighted by Crippen LogP contribution is 2.43. The molecule has 4 nitrogen and oxygen atoms in total. The first-order valence-corrected chi connectivity index (χ1v) is 17.8. The molecular formula is C48H33N3O. The molecule has 52 heavy (non-hydrogen) atoms. The third-order valence-corrected chi connectivity index (χ3v) is 10.3. The van der Waals surface area contributed by atoms with E-state index in [9.17, 15) is 0 Å². The molecule has 0 radical (unpaired) electrons. The van der Waals surface area contributed by atoms with Crippen molar-refractivity contribution in [3.8, 4) is 45.3 Å². The second-order valence-electron chi connectivity index (χ2n) is 13.8. The predicted octanol–water partition coefficient (Wildman–Crippen LogP) is 13.0. The lowest BCUT2D eigenvalue weighted by Gasteiger charge is -2.13. The molecule has 246 valence electrons. The fourth-order valence-corrected chi connectivity index (χ4v) is 7.60. The Labute approximate surface area is 301 Å². The van der Waals surface area contributed by atoms with Gasteiger partial charge in [0.1, 0.15) is 11.2 Å². The van der Waals surface area contributed by atoms with Gasteiger partial charge in [-0.15, -0.1) is 0 Å². The third-order valence-electron chi connectivity index (χ3n) is 10.3. The highest BCUT2D eigenvalue weighted by Gasteiger charge is 2.19. The number of fused-ring (bicyclic) bond motifs is 10. The van der Waals surface area contributed by atoms with Crippen LogP contribution >= 0.6 is 0 Å². The monoisotopic (exact) mass is 667 g/mol. The predicted molar refractivity (Wildman–Crippen MR) is 215 cm³/mol. The highest BCUT2D eigenvalue weighted by atomic mass is 16.3. The van der Waals surface area contributed by atoms with Crippen molar-refractivity contribution in [1.29, 1.82) is 0 Å². The van der Waals surface area contributed by atoms with Crippen molar-refractivity contribution < 1.29 is 4.42 Å². The van der Waals surface area contributed by atoms with Crippen LogP contribution in [0.2, 0.25) is 0 Å². The van der Waals surface area contributed by atoms with Gasteiger partial charge in [0.25, 0.3) is 0 Å². The smallest absolute Gasteiger partial charge is 0.164 e. The zero-order valence-electron chi connectivity index (χ0n) is 28.8. The standard InChI is InChI=1S/C48H33N3O/c1-29(2)32-21-25-43-42(27-32)40-24-23-38-36-18-9-10-19-37(36)41-28-35(20-22-39(41)44(38)45(40)52-43)48-50-46(31-14-7-4-8-15-31)49-47(51-48)34-17-11-16-33(26-34)30-12-5-3-6-13-30/h3-29H,1-2H3.